The fourth-order valence-corrected chi connectivity index (χ4v) is 5.90. The zero-order valence-corrected chi connectivity index (χ0v) is 24.8. The first-order valence-electron chi connectivity index (χ1n) is 14.0. The molecular formula is C31H38BrN3O5. The van der Waals surface area contributed by atoms with Crippen LogP contribution in [0.2, 0.25) is 0 Å². The number of benzene rings is 2. The Kier molecular flexibility index (Phi) is 9.67. The maximum Gasteiger partial charge on any atom is 0.227 e. The standard InChI is InChI=1S/C31H38BrN3O5/c1-37-29-7-4-22(18-30(29)38-2)27-8-5-25(40-27)19-31(36)34-23-11-15-35(16-12-23)20-21-3-6-28(26(32)17-21)39-24-9-13-33-14-10-24/h3-8,17-18,23-24,33H,9-16,19-20H2,1-2H3,(H,34,36). The van der Waals surface area contributed by atoms with Gasteiger partial charge in [0.05, 0.1) is 25.1 Å². The monoisotopic (exact) mass is 611 g/mol. The molecule has 8 nitrogen and oxygen atoms in total. The molecule has 40 heavy (non-hydrogen) atoms. The van der Waals surface area contributed by atoms with Crippen molar-refractivity contribution < 1.29 is 23.4 Å². The number of amides is 1. The fraction of sp³-hybridized carbons (Fsp3) is 0.452. The van der Waals surface area contributed by atoms with Gasteiger partial charge in [0.2, 0.25) is 5.91 Å². The number of ether oxygens (including phenoxy) is 3. The number of likely N-dealkylation sites (tertiary alicyclic amines) is 1. The summed E-state index contributed by atoms with van der Waals surface area (Å²) in [6.45, 7) is 4.81. The summed E-state index contributed by atoms with van der Waals surface area (Å²) in [5.41, 5.74) is 2.13. The van der Waals surface area contributed by atoms with E-state index in [1.165, 1.54) is 5.56 Å². The Morgan fingerprint density at radius 3 is 2.45 bits per heavy atom. The van der Waals surface area contributed by atoms with Crippen LogP contribution in [0.15, 0.2) is 57.4 Å². The minimum absolute atomic E-state index is 0.0140. The van der Waals surface area contributed by atoms with Crippen molar-refractivity contribution in [2.24, 2.45) is 0 Å². The zero-order chi connectivity index (χ0) is 27.9. The van der Waals surface area contributed by atoms with Gasteiger partial charge >= 0.3 is 0 Å². The molecule has 2 aromatic carbocycles. The molecule has 3 heterocycles. The third kappa shape index (κ3) is 7.38. The Morgan fingerprint density at radius 2 is 1.73 bits per heavy atom. The number of piperidine rings is 2. The highest BCUT2D eigenvalue weighted by atomic mass is 79.9. The molecule has 2 aliphatic rings. The zero-order valence-electron chi connectivity index (χ0n) is 23.2. The molecule has 0 saturated carbocycles. The normalized spacial score (nSPS) is 17.0. The van der Waals surface area contributed by atoms with Crippen molar-refractivity contribution in [3.63, 3.8) is 0 Å². The highest BCUT2D eigenvalue weighted by Crippen LogP contribution is 2.33. The van der Waals surface area contributed by atoms with Gasteiger partial charge in [-0.15, -0.1) is 0 Å². The minimum Gasteiger partial charge on any atom is -0.493 e. The summed E-state index contributed by atoms with van der Waals surface area (Å²) >= 11 is 3.70. The van der Waals surface area contributed by atoms with E-state index in [1.54, 1.807) is 14.2 Å². The number of halogens is 1. The van der Waals surface area contributed by atoms with Gasteiger partial charge in [-0.1, -0.05) is 6.07 Å². The summed E-state index contributed by atoms with van der Waals surface area (Å²) in [5, 5.41) is 6.57. The van der Waals surface area contributed by atoms with Crippen LogP contribution in [0.1, 0.15) is 37.0 Å². The van der Waals surface area contributed by atoms with E-state index in [0.29, 0.717) is 23.0 Å². The SMILES string of the molecule is COc1ccc(-c2ccc(CC(=O)NC3CCN(Cc4ccc(OC5CCNCC5)c(Br)c4)CC3)o2)cc1OC. The summed E-state index contributed by atoms with van der Waals surface area (Å²) in [5.74, 6) is 3.52. The molecule has 2 saturated heterocycles. The molecule has 9 heteroatoms. The van der Waals surface area contributed by atoms with E-state index >= 15 is 0 Å². The van der Waals surface area contributed by atoms with Gasteiger partial charge in [0.25, 0.3) is 0 Å². The number of furan rings is 1. The maximum absolute atomic E-state index is 12.8. The number of rotatable bonds is 10. The quantitative estimate of drug-likeness (QED) is 0.327. The van der Waals surface area contributed by atoms with Gasteiger partial charge in [-0.25, -0.2) is 0 Å². The second kappa shape index (κ2) is 13.6. The third-order valence-electron chi connectivity index (χ3n) is 7.60. The Labute approximate surface area is 244 Å². The van der Waals surface area contributed by atoms with Gasteiger partial charge in [-0.2, -0.15) is 0 Å². The van der Waals surface area contributed by atoms with Crippen LogP contribution < -0.4 is 24.8 Å². The van der Waals surface area contributed by atoms with Gasteiger partial charge in [0, 0.05) is 31.2 Å². The van der Waals surface area contributed by atoms with Crippen molar-refractivity contribution in [2.45, 2.75) is 50.8 Å². The fourth-order valence-electron chi connectivity index (χ4n) is 5.38. The van der Waals surface area contributed by atoms with Gasteiger partial charge in [-0.3, -0.25) is 9.69 Å². The predicted molar refractivity (Wildman–Crippen MR) is 158 cm³/mol. The molecule has 0 bridgehead atoms. The third-order valence-corrected chi connectivity index (χ3v) is 8.22. The lowest BCUT2D eigenvalue weighted by Crippen LogP contribution is -2.44. The molecule has 214 valence electrons. The van der Waals surface area contributed by atoms with Crippen LogP contribution >= 0.6 is 15.9 Å². The van der Waals surface area contributed by atoms with Gasteiger partial charge in [0.15, 0.2) is 11.5 Å². The van der Waals surface area contributed by atoms with Crippen molar-refractivity contribution in [3.05, 3.63) is 64.3 Å². The van der Waals surface area contributed by atoms with E-state index in [-0.39, 0.29) is 24.5 Å². The summed E-state index contributed by atoms with van der Waals surface area (Å²) in [6, 6.07) is 15.9. The molecule has 1 aromatic heterocycles. The average Bonchev–Trinajstić information content (AvgIpc) is 3.44. The van der Waals surface area contributed by atoms with Crippen molar-refractivity contribution >= 4 is 21.8 Å². The largest absolute Gasteiger partial charge is 0.493 e. The summed E-state index contributed by atoms with van der Waals surface area (Å²) < 4.78 is 23.9. The van der Waals surface area contributed by atoms with Gasteiger partial charge < -0.3 is 29.3 Å². The predicted octanol–water partition coefficient (Wildman–Crippen LogP) is 5.18. The first kappa shape index (κ1) is 28.5. The Morgan fingerprint density at radius 1 is 0.975 bits per heavy atom. The van der Waals surface area contributed by atoms with Crippen molar-refractivity contribution in [1.82, 2.24) is 15.5 Å². The van der Waals surface area contributed by atoms with E-state index < -0.39 is 0 Å². The minimum atomic E-state index is -0.0140. The highest BCUT2D eigenvalue weighted by molar-refractivity contribution is 9.10. The Bertz CT molecular complexity index is 1280. The second-order valence-corrected chi connectivity index (χ2v) is 11.3. The molecule has 2 N–H and O–H groups in total. The molecule has 0 spiro atoms. The molecule has 2 fully saturated rings. The first-order valence-corrected chi connectivity index (χ1v) is 14.8. The van der Waals surface area contributed by atoms with Gasteiger partial charge in [-0.05, 0) is 103 Å². The van der Waals surface area contributed by atoms with E-state index in [4.69, 9.17) is 18.6 Å². The number of nitrogens with one attached hydrogen (secondary N) is 2. The molecular weight excluding hydrogens is 574 g/mol. The van der Waals surface area contributed by atoms with Crippen LogP contribution in [0.4, 0.5) is 0 Å². The summed E-state index contributed by atoms with van der Waals surface area (Å²) in [6.07, 6.45) is 4.44. The van der Waals surface area contributed by atoms with Crippen LogP contribution in [-0.4, -0.2) is 63.4 Å². The van der Waals surface area contributed by atoms with E-state index in [9.17, 15) is 4.79 Å². The van der Waals surface area contributed by atoms with Crippen LogP contribution in [0, 0.1) is 0 Å². The second-order valence-electron chi connectivity index (χ2n) is 10.5. The van der Waals surface area contributed by atoms with Crippen LogP contribution in [0.25, 0.3) is 11.3 Å². The van der Waals surface area contributed by atoms with Crippen molar-refractivity contribution in [2.75, 3.05) is 40.4 Å². The topological polar surface area (TPSA) is 85.2 Å². The van der Waals surface area contributed by atoms with E-state index in [0.717, 1.165) is 74.2 Å². The molecule has 5 rings (SSSR count). The summed E-state index contributed by atoms with van der Waals surface area (Å²) in [4.78, 5) is 15.2. The van der Waals surface area contributed by atoms with E-state index in [2.05, 4.69) is 49.7 Å². The van der Waals surface area contributed by atoms with Crippen molar-refractivity contribution in [3.8, 4) is 28.6 Å². The van der Waals surface area contributed by atoms with E-state index in [1.807, 2.05) is 30.3 Å². The smallest absolute Gasteiger partial charge is 0.227 e. The molecule has 0 atom stereocenters. The lowest BCUT2D eigenvalue weighted by molar-refractivity contribution is -0.121. The molecule has 0 radical (unpaired) electrons. The number of carbonyl (C=O) groups excluding carboxylic acids is 1. The van der Waals surface area contributed by atoms with Crippen molar-refractivity contribution in [1.29, 1.82) is 0 Å². The number of carbonyl (C=O) groups is 1. The first-order chi connectivity index (χ1) is 19.5. The Hall–Kier alpha value is -3.01. The number of hydrogen-bond acceptors (Lipinski definition) is 7. The van der Waals surface area contributed by atoms with Gasteiger partial charge in [0.1, 0.15) is 23.4 Å². The summed E-state index contributed by atoms with van der Waals surface area (Å²) in [7, 11) is 3.21. The number of nitrogens with zero attached hydrogens (tertiary/aromatic N) is 1. The lowest BCUT2D eigenvalue weighted by atomic mass is 10.0. The number of methoxy groups -OCH3 is 2. The highest BCUT2D eigenvalue weighted by Gasteiger charge is 2.22. The molecule has 0 unspecified atom stereocenters. The van der Waals surface area contributed by atoms with Crippen LogP contribution in [0.3, 0.4) is 0 Å². The molecule has 2 aliphatic heterocycles. The maximum atomic E-state index is 12.8. The number of hydrogen-bond donors (Lipinski definition) is 2. The molecule has 0 aliphatic carbocycles. The lowest BCUT2D eigenvalue weighted by Gasteiger charge is -2.32. The van der Waals surface area contributed by atoms with Crippen LogP contribution in [0.5, 0.6) is 17.2 Å². The molecule has 1 amide bonds. The Balaban J connectivity index is 1.06. The molecule has 3 aromatic rings. The average molecular weight is 613 g/mol. The van der Waals surface area contributed by atoms with Crippen LogP contribution in [-0.2, 0) is 17.8 Å².